The van der Waals surface area contributed by atoms with Gasteiger partial charge in [0.05, 0.1) is 16.6 Å². The SMILES string of the molecule is Cc1c(-c2ccc3cc(NC(=O)[C@@H]4C[C@@H]4F)ncc3c2)cnc(C(C)(C)O)c1Cl. The van der Waals surface area contributed by atoms with Crippen LogP contribution in [-0.2, 0) is 10.4 Å². The summed E-state index contributed by atoms with van der Waals surface area (Å²) in [5, 5.41) is 15.1. The third-order valence-electron chi connectivity index (χ3n) is 5.18. The van der Waals surface area contributed by atoms with Gasteiger partial charge in [0.2, 0.25) is 5.91 Å². The van der Waals surface area contributed by atoms with Gasteiger partial charge in [0.15, 0.2) is 0 Å². The lowest BCUT2D eigenvalue weighted by atomic mass is 9.96. The second-order valence-electron chi connectivity index (χ2n) is 8.00. The Hall–Kier alpha value is -2.57. The zero-order chi connectivity index (χ0) is 20.9. The van der Waals surface area contributed by atoms with E-state index in [-0.39, 0.29) is 12.3 Å². The molecule has 7 heteroatoms. The highest BCUT2D eigenvalue weighted by molar-refractivity contribution is 6.32. The summed E-state index contributed by atoms with van der Waals surface area (Å²) in [7, 11) is 0. The molecule has 1 aliphatic rings. The minimum Gasteiger partial charge on any atom is -0.384 e. The fourth-order valence-corrected chi connectivity index (χ4v) is 3.71. The first-order valence-electron chi connectivity index (χ1n) is 9.38. The topological polar surface area (TPSA) is 75.1 Å². The number of fused-ring (bicyclic) bond motifs is 1. The number of hydrogen-bond acceptors (Lipinski definition) is 4. The molecule has 2 atom stereocenters. The summed E-state index contributed by atoms with van der Waals surface area (Å²) < 4.78 is 13.0. The van der Waals surface area contributed by atoms with Gasteiger partial charge in [-0.05, 0) is 55.8 Å². The molecule has 3 aromatic rings. The monoisotopic (exact) mass is 413 g/mol. The Labute approximate surface area is 172 Å². The average Bonchev–Trinajstić information content (AvgIpc) is 3.39. The van der Waals surface area contributed by atoms with Crippen molar-refractivity contribution in [3.8, 4) is 11.1 Å². The number of aromatic nitrogens is 2. The van der Waals surface area contributed by atoms with Crippen molar-refractivity contribution in [1.29, 1.82) is 0 Å². The first-order valence-corrected chi connectivity index (χ1v) is 9.76. The van der Waals surface area contributed by atoms with E-state index in [0.717, 1.165) is 27.5 Å². The van der Waals surface area contributed by atoms with Crippen LogP contribution in [0.15, 0.2) is 36.7 Å². The van der Waals surface area contributed by atoms with Gasteiger partial charge in [0.1, 0.15) is 17.6 Å². The van der Waals surface area contributed by atoms with E-state index in [0.29, 0.717) is 16.5 Å². The summed E-state index contributed by atoms with van der Waals surface area (Å²) in [4.78, 5) is 20.5. The zero-order valence-electron chi connectivity index (χ0n) is 16.3. The van der Waals surface area contributed by atoms with Gasteiger partial charge in [0, 0.05) is 23.3 Å². The van der Waals surface area contributed by atoms with Crippen molar-refractivity contribution in [1.82, 2.24) is 9.97 Å². The molecule has 0 spiro atoms. The van der Waals surface area contributed by atoms with Gasteiger partial charge in [-0.3, -0.25) is 9.78 Å². The number of pyridine rings is 2. The molecule has 0 bridgehead atoms. The Balaban J connectivity index is 1.65. The van der Waals surface area contributed by atoms with Crippen molar-refractivity contribution in [2.45, 2.75) is 39.0 Å². The molecule has 1 amide bonds. The van der Waals surface area contributed by atoms with E-state index >= 15 is 0 Å². The van der Waals surface area contributed by atoms with Crippen LogP contribution in [0.25, 0.3) is 21.9 Å². The molecule has 1 fully saturated rings. The van der Waals surface area contributed by atoms with Crippen LogP contribution in [0.3, 0.4) is 0 Å². The summed E-state index contributed by atoms with van der Waals surface area (Å²) in [6.45, 7) is 5.19. The fraction of sp³-hybridized carbons (Fsp3) is 0.318. The fourth-order valence-electron chi connectivity index (χ4n) is 3.33. The van der Waals surface area contributed by atoms with Crippen LogP contribution in [0.5, 0.6) is 0 Å². The third kappa shape index (κ3) is 3.82. The number of nitrogens with zero attached hydrogens (tertiary/aromatic N) is 2. The maximum atomic E-state index is 13.0. The van der Waals surface area contributed by atoms with Crippen molar-refractivity contribution in [2.24, 2.45) is 5.92 Å². The minimum atomic E-state index is -1.13. The minimum absolute atomic E-state index is 0.283. The van der Waals surface area contributed by atoms with E-state index in [1.807, 2.05) is 25.1 Å². The first kappa shape index (κ1) is 19.7. The van der Waals surface area contributed by atoms with Gasteiger partial charge in [-0.2, -0.15) is 0 Å². The molecule has 4 rings (SSSR count). The van der Waals surface area contributed by atoms with Crippen LogP contribution in [0.1, 0.15) is 31.5 Å². The standard InChI is InChI=1S/C22H21ClFN3O2/c1-11-16(10-26-20(19(11)23)22(2,3)29)13-5-4-12-7-18(25-9-14(12)6-13)27-21(28)15-8-17(15)24/h4-7,9-10,15,17,29H,8H2,1-3H3,(H,25,27,28)/t15-,17+/m1/s1. The maximum absolute atomic E-state index is 13.0. The molecule has 1 saturated carbocycles. The lowest BCUT2D eigenvalue weighted by molar-refractivity contribution is -0.117. The summed E-state index contributed by atoms with van der Waals surface area (Å²) in [5.41, 5.74) is 1.93. The Morgan fingerprint density at radius 3 is 2.62 bits per heavy atom. The van der Waals surface area contributed by atoms with Crippen molar-refractivity contribution in [2.75, 3.05) is 5.32 Å². The molecular weight excluding hydrogens is 393 g/mol. The summed E-state index contributed by atoms with van der Waals surface area (Å²) in [5.74, 6) is -0.476. The van der Waals surface area contributed by atoms with Crippen molar-refractivity contribution >= 4 is 34.1 Å². The van der Waals surface area contributed by atoms with E-state index in [1.54, 1.807) is 32.3 Å². The zero-order valence-corrected chi connectivity index (χ0v) is 17.1. The van der Waals surface area contributed by atoms with Crippen LogP contribution >= 0.6 is 11.6 Å². The average molecular weight is 414 g/mol. The number of alkyl halides is 1. The van der Waals surface area contributed by atoms with Crippen LogP contribution < -0.4 is 5.32 Å². The lowest BCUT2D eigenvalue weighted by Crippen LogP contribution is -2.18. The largest absolute Gasteiger partial charge is 0.384 e. The van der Waals surface area contributed by atoms with Crippen LogP contribution in [-0.4, -0.2) is 27.2 Å². The molecule has 29 heavy (non-hydrogen) atoms. The number of carbonyl (C=O) groups excluding carboxylic acids is 1. The number of anilines is 1. The molecule has 0 radical (unpaired) electrons. The van der Waals surface area contributed by atoms with Crippen molar-refractivity contribution < 1.29 is 14.3 Å². The van der Waals surface area contributed by atoms with Gasteiger partial charge >= 0.3 is 0 Å². The quantitative estimate of drug-likeness (QED) is 0.645. The Bertz CT molecular complexity index is 1130. The van der Waals surface area contributed by atoms with Crippen molar-refractivity contribution in [3.63, 3.8) is 0 Å². The predicted molar refractivity (Wildman–Crippen MR) is 112 cm³/mol. The molecule has 2 N–H and O–H groups in total. The molecular formula is C22H21ClFN3O2. The molecule has 0 aliphatic heterocycles. The summed E-state index contributed by atoms with van der Waals surface area (Å²) in [6, 6.07) is 7.60. The number of benzene rings is 1. The van der Waals surface area contributed by atoms with E-state index in [1.165, 1.54) is 0 Å². The van der Waals surface area contributed by atoms with Crippen LogP contribution in [0.4, 0.5) is 10.2 Å². The number of hydrogen-bond donors (Lipinski definition) is 2. The van der Waals surface area contributed by atoms with Gasteiger partial charge < -0.3 is 10.4 Å². The van der Waals surface area contributed by atoms with Gasteiger partial charge in [-0.15, -0.1) is 0 Å². The van der Waals surface area contributed by atoms with Gasteiger partial charge in [-0.1, -0.05) is 23.7 Å². The number of carbonyl (C=O) groups is 1. The normalized spacial score (nSPS) is 18.7. The molecule has 5 nitrogen and oxygen atoms in total. The maximum Gasteiger partial charge on any atom is 0.231 e. The van der Waals surface area contributed by atoms with E-state index in [9.17, 15) is 14.3 Å². The highest BCUT2D eigenvalue weighted by atomic mass is 35.5. The molecule has 150 valence electrons. The highest BCUT2D eigenvalue weighted by Gasteiger charge is 2.43. The molecule has 2 heterocycles. The molecule has 0 unspecified atom stereocenters. The van der Waals surface area contributed by atoms with Gasteiger partial charge in [0.25, 0.3) is 0 Å². The lowest BCUT2D eigenvalue weighted by Gasteiger charge is -2.20. The highest BCUT2D eigenvalue weighted by Crippen LogP contribution is 2.36. The van der Waals surface area contributed by atoms with Gasteiger partial charge in [-0.25, -0.2) is 9.37 Å². The number of amides is 1. The van der Waals surface area contributed by atoms with E-state index in [2.05, 4.69) is 15.3 Å². The smallest absolute Gasteiger partial charge is 0.231 e. The molecule has 0 saturated heterocycles. The Kier molecular flexibility index (Phi) is 4.79. The predicted octanol–water partition coefficient (Wildman–Crippen LogP) is 4.78. The second kappa shape index (κ2) is 7.04. The molecule has 1 aromatic carbocycles. The number of rotatable bonds is 4. The number of nitrogens with one attached hydrogen (secondary N) is 1. The van der Waals surface area contributed by atoms with E-state index in [4.69, 9.17) is 11.6 Å². The van der Waals surface area contributed by atoms with Crippen LogP contribution in [0.2, 0.25) is 5.02 Å². The first-order chi connectivity index (χ1) is 13.6. The second-order valence-corrected chi connectivity index (χ2v) is 8.38. The molecule has 2 aromatic heterocycles. The summed E-state index contributed by atoms with van der Waals surface area (Å²) >= 11 is 6.46. The van der Waals surface area contributed by atoms with Crippen molar-refractivity contribution in [3.05, 3.63) is 52.9 Å². The molecule has 1 aliphatic carbocycles. The van der Waals surface area contributed by atoms with E-state index < -0.39 is 17.7 Å². The third-order valence-corrected chi connectivity index (χ3v) is 5.64. The number of halogens is 2. The van der Waals surface area contributed by atoms with Crippen LogP contribution in [0, 0.1) is 12.8 Å². The number of aliphatic hydroxyl groups is 1. The Morgan fingerprint density at radius 2 is 1.97 bits per heavy atom. The summed E-state index contributed by atoms with van der Waals surface area (Å²) in [6.07, 6.45) is 2.62. The Morgan fingerprint density at radius 1 is 1.24 bits per heavy atom.